The average Bonchev–Trinajstić information content (AvgIpc) is 2.86. The van der Waals surface area contributed by atoms with Gasteiger partial charge < -0.3 is 9.84 Å². The Morgan fingerprint density at radius 1 is 1.14 bits per heavy atom. The number of aliphatic hydroxyl groups is 1. The topological polar surface area (TPSA) is 29.5 Å². The molecule has 0 amide bonds. The highest BCUT2D eigenvalue weighted by Crippen LogP contribution is 2.48. The molecule has 0 bridgehead atoms. The summed E-state index contributed by atoms with van der Waals surface area (Å²) < 4.78 is 6.64. The van der Waals surface area contributed by atoms with E-state index in [1.807, 2.05) is 34.6 Å². The smallest absolute Gasteiger partial charge is 0.0945 e. The van der Waals surface area contributed by atoms with Gasteiger partial charge in [-0.05, 0) is 58.6 Å². The minimum atomic E-state index is -0.902. The van der Waals surface area contributed by atoms with Gasteiger partial charge in [0.25, 0.3) is 0 Å². The molecule has 2 nitrogen and oxygen atoms in total. The zero-order chi connectivity index (χ0) is 16.6. The van der Waals surface area contributed by atoms with Crippen molar-refractivity contribution in [2.45, 2.75) is 77.1 Å². The summed E-state index contributed by atoms with van der Waals surface area (Å²) in [5, 5.41) is 10.5. The van der Waals surface area contributed by atoms with E-state index >= 15 is 0 Å². The number of allylic oxidation sites excluding steroid dienone is 1. The SMILES string of the molecule is C=C(C)c1ccccc1C1(OC(C)(C)C(C)(C)O)CCCC1. The van der Waals surface area contributed by atoms with Crippen LogP contribution in [0.4, 0.5) is 0 Å². The Bertz CT molecular complexity index is 543. The van der Waals surface area contributed by atoms with Crippen molar-refractivity contribution in [3.05, 3.63) is 42.0 Å². The molecule has 1 aliphatic rings. The van der Waals surface area contributed by atoms with Gasteiger partial charge >= 0.3 is 0 Å². The lowest BCUT2D eigenvalue weighted by atomic mass is 9.83. The summed E-state index contributed by atoms with van der Waals surface area (Å²) >= 11 is 0. The molecule has 0 aromatic heterocycles. The number of ether oxygens (including phenoxy) is 1. The Balaban J connectivity index is 2.49. The molecular weight excluding hydrogens is 272 g/mol. The van der Waals surface area contributed by atoms with Gasteiger partial charge in [0.05, 0.1) is 16.8 Å². The third kappa shape index (κ3) is 3.13. The van der Waals surface area contributed by atoms with Gasteiger partial charge in [0, 0.05) is 0 Å². The lowest BCUT2D eigenvalue weighted by Gasteiger charge is -2.45. The van der Waals surface area contributed by atoms with Crippen molar-refractivity contribution >= 4 is 5.57 Å². The fraction of sp³-hybridized carbons (Fsp3) is 0.600. The number of benzene rings is 1. The van der Waals surface area contributed by atoms with Crippen molar-refractivity contribution in [1.29, 1.82) is 0 Å². The Morgan fingerprint density at radius 3 is 2.18 bits per heavy atom. The van der Waals surface area contributed by atoms with E-state index in [9.17, 15) is 5.11 Å². The fourth-order valence-electron chi connectivity index (χ4n) is 3.24. The van der Waals surface area contributed by atoms with Crippen LogP contribution in [0.15, 0.2) is 30.8 Å². The van der Waals surface area contributed by atoms with Crippen molar-refractivity contribution in [2.75, 3.05) is 0 Å². The molecule has 0 atom stereocenters. The zero-order valence-corrected chi connectivity index (χ0v) is 14.7. The summed E-state index contributed by atoms with van der Waals surface area (Å²) in [7, 11) is 0. The first-order chi connectivity index (χ1) is 10.1. The molecule has 1 aromatic rings. The molecule has 0 unspecified atom stereocenters. The molecule has 1 fully saturated rings. The van der Waals surface area contributed by atoms with Gasteiger partial charge in [-0.3, -0.25) is 0 Å². The maximum Gasteiger partial charge on any atom is 0.0945 e. The van der Waals surface area contributed by atoms with Gasteiger partial charge in [-0.2, -0.15) is 0 Å². The Morgan fingerprint density at radius 2 is 1.68 bits per heavy atom. The molecule has 0 spiro atoms. The first-order valence-electron chi connectivity index (χ1n) is 8.27. The van der Waals surface area contributed by atoms with E-state index in [1.54, 1.807) is 0 Å². The fourth-order valence-corrected chi connectivity index (χ4v) is 3.24. The van der Waals surface area contributed by atoms with Crippen LogP contribution in [-0.2, 0) is 10.3 Å². The van der Waals surface area contributed by atoms with Crippen molar-refractivity contribution < 1.29 is 9.84 Å². The van der Waals surface area contributed by atoms with Crippen molar-refractivity contribution in [3.8, 4) is 0 Å². The van der Waals surface area contributed by atoms with E-state index < -0.39 is 11.2 Å². The number of hydrogen-bond donors (Lipinski definition) is 1. The lowest BCUT2D eigenvalue weighted by Crippen LogP contribution is -2.51. The minimum Gasteiger partial charge on any atom is -0.387 e. The molecule has 1 N–H and O–H groups in total. The van der Waals surface area contributed by atoms with E-state index in [2.05, 4.69) is 30.8 Å². The van der Waals surface area contributed by atoms with Gasteiger partial charge in [0.1, 0.15) is 0 Å². The Labute approximate surface area is 135 Å². The molecule has 1 aromatic carbocycles. The van der Waals surface area contributed by atoms with Crippen LogP contribution in [0.1, 0.15) is 71.4 Å². The molecule has 1 aliphatic carbocycles. The van der Waals surface area contributed by atoms with E-state index in [-0.39, 0.29) is 5.60 Å². The van der Waals surface area contributed by atoms with Crippen LogP contribution in [0, 0.1) is 0 Å². The second-order valence-corrected chi connectivity index (χ2v) is 7.70. The molecule has 1 saturated carbocycles. The van der Waals surface area contributed by atoms with Crippen LogP contribution in [0.5, 0.6) is 0 Å². The minimum absolute atomic E-state index is 0.320. The molecule has 2 rings (SSSR count). The normalized spacial score (nSPS) is 18.5. The monoisotopic (exact) mass is 302 g/mol. The molecule has 0 saturated heterocycles. The van der Waals surface area contributed by atoms with Crippen molar-refractivity contribution in [1.82, 2.24) is 0 Å². The second-order valence-electron chi connectivity index (χ2n) is 7.70. The van der Waals surface area contributed by atoms with Gasteiger partial charge in [0.2, 0.25) is 0 Å². The molecule has 0 aliphatic heterocycles. The maximum atomic E-state index is 10.5. The van der Waals surface area contributed by atoms with Gasteiger partial charge in [-0.15, -0.1) is 0 Å². The van der Waals surface area contributed by atoms with Crippen LogP contribution < -0.4 is 0 Å². The third-order valence-electron chi connectivity index (χ3n) is 5.21. The van der Waals surface area contributed by atoms with Crippen LogP contribution in [-0.4, -0.2) is 16.3 Å². The highest BCUT2D eigenvalue weighted by molar-refractivity contribution is 5.65. The van der Waals surface area contributed by atoms with Crippen molar-refractivity contribution in [2.24, 2.45) is 0 Å². The van der Waals surface area contributed by atoms with E-state index in [4.69, 9.17) is 4.74 Å². The maximum absolute atomic E-state index is 10.5. The zero-order valence-electron chi connectivity index (χ0n) is 14.7. The summed E-state index contributed by atoms with van der Waals surface area (Å²) in [5.74, 6) is 0. The largest absolute Gasteiger partial charge is 0.387 e. The molecule has 0 radical (unpaired) electrons. The van der Waals surface area contributed by atoms with Gasteiger partial charge in [-0.25, -0.2) is 0 Å². The lowest BCUT2D eigenvalue weighted by molar-refractivity contribution is -0.216. The van der Waals surface area contributed by atoms with Crippen molar-refractivity contribution in [3.63, 3.8) is 0 Å². The predicted molar refractivity (Wildman–Crippen MR) is 92.8 cm³/mol. The van der Waals surface area contributed by atoms with Crippen LogP contribution in [0.25, 0.3) is 5.57 Å². The molecule has 22 heavy (non-hydrogen) atoms. The quantitative estimate of drug-likeness (QED) is 0.824. The first kappa shape index (κ1) is 17.2. The Kier molecular flexibility index (Phi) is 4.56. The van der Waals surface area contributed by atoms with E-state index in [1.165, 1.54) is 11.1 Å². The van der Waals surface area contributed by atoms with Crippen LogP contribution in [0.3, 0.4) is 0 Å². The predicted octanol–water partition coefficient (Wildman–Crippen LogP) is 5.06. The second kappa shape index (κ2) is 5.82. The highest BCUT2D eigenvalue weighted by atomic mass is 16.5. The van der Waals surface area contributed by atoms with Crippen LogP contribution >= 0.6 is 0 Å². The molecule has 122 valence electrons. The van der Waals surface area contributed by atoms with Gasteiger partial charge in [0.15, 0.2) is 0 Å². The first-order valence-corrected chi connectivity index (χ1v) is 8.27. The summed E-state index contributed by atoms with van der Waals surface area (Å²) in [5.41, 5.74) is 1.61. The molecular formula is C20H30O2. The summed E-state index contributed by atoms with van der Waals surface area (Å²) in [6, 6.07) is 8.41. The third-order valence-corrected chi connectivity index (χ3v) is 5.21. The summed E-state index contributed by atoms with van der Waals surface area (Å²) in [6.07, 6.45) is 4.31. The van der Waals surface area contributed by atoms with Gasteiger partial charge in [-0.1, -0.05) is 49.3 Å². The number of rotatable bonds is 5. The molecule has 2 heteroatoms. The summed E-state index contributed by atoms with van der Waals surface area (Å²) in [6.45, 7) is 13.8. The standard InChI is InChI=1S/C20H30O2/c1-15(2)16-11-7-8-12-17(16)20(13-9-10-14-20)22-19(5,6)18(3,4)21/h7-8,11-12,21H,1,9-10,13-14H2,2-6H3. The average molecular weight is 302 g/mol. The number of hydrogen-bond acceptors (Lipinski definition) is 2. The Hall–Kier alpha value is -1.12. The van der Waals surface area contributed by atoms with E-state index in [0.717, 1.165) is 31.3 Å². The van der Waals surface area contributed by atoms with E-state index in [0.29, 0.717) is 0 Å². The highest BCUT2D eigenvalue weighted by Gasteiger charge is 2.47. The van der Waals surface area contributed by atoms with Crippen LogP contribution in [0.2, 0.25) is 0 Å². The molecule has 0 heterocycles. The summed E-state index contributed by atoms with van der Waals surface area (Å²) in [4.78, 5) is 0.